The van der Waals surface area contributed by atoms with Crippen molar-refractivity contribution in [1.82, 2.24) is 5.32 Å². The molecule has 0 aromatic heterocycles. The van der Waals surface area contributed by atoms with Gasteiger partial charge in [0.25, 0.3) is 0 Å². The van der Waals surface area contributed by atoms with E-state index in [4.69, 9.17) is 61.6 Å². The molecular weight excluding hydrogens is 1420 g/mol. The largest absolute Gasteiger partial charge is 0.463 e. The van der Waals surface area contributed by atoms with Crippen molar-refractivity contribution < 1.29 is 162 Å². The van der Waals surface area contributed by atoms with Gasteiger partial charge >= 0.3 is 89.3 Å². The molecule has 2 fully saturated rings. The molecule has 0 aromatic rings. The second kappa shape index (κ2) is 30.7. The summed E-state index contributed by atoms with van der Waals surface area (Å²) >= 11 is 1.64. The fraction of sp³-hybridized carbons (Fsp3) is 0.783. The first kappa shape index (κ1) is 75.3. The predicted molar refractivity (Wildman–Crippen MR) is 264 cm³/mol. The fourth-order valence-electron chi connectivity index (χ4n) is 7.76. The van der Waals surface area contributed by atoms with Gasteiger partial charge in [-0.05, 0) is 0 Å². The molecule has 11 atom stereocenters. The van der Waals surface area contributed by atoms with Crippen molar-refractivity contribution >= 4 is 105 Å². The Kier molecular flexibility index (Phi) is 27.5. The van der Waals surface area contributed by atoms with E-state index in [1.807, 2.05) is 0 Å². The first-order chi connectivity index (χ1) is 38.3. The maximum Gasteiger partial charge on any atom is 0.384 e. The minimum Gasteiger partial charge on any atom is -0.463 e. The van der Waals surface area contributed by atoms with Gasteiger partial charge in [0, 0.05) is 89.9 Å². The van der Waals surface area contributed by atoms with E-state index < -0.39 is 223 Å². The first-order valence-electron chi connectivity index (χ1n) is 24.1. The molecule has 0 aliphatic carbocycles. The van der Waals surface area contributed by atoms with Gasteiger partial charge in [0.05, 0.1) is 13.2 Å². The van der Waals surface area contributed by atoms with E-state index in [9.17, 15) is 83.1 Å². The molecule has 482 valence electrons. The Hall–Kier alpha value is -4.84. The van der Waals surface area contributed by atoms with Crippen molar-refractivity contribution in [3.05, 3.63) is 0 Å². The van der Waals surface area contributed by atoms with Crippen LogP contribution in [0.4, 0.5) is 52.7 Å². The Bertz CT molecular complexity index is 2280. The number of halogens is 14. The summed E-state index contributed by atoms with van der Waals surface area (Å²) in [6, 6.07) is 0. The van der Waals surface area contributed by atoms with Crippen molar-refractivity contribution in [1.29, 1.82) is 0 Å². The standard InChI is InChI=1S/C46H57F12I2NO23/c1-19(62)72-14-29-32(77-22(4)65)34(79-24(6)67)36(81-26(8)69)38(83-29)75-17-40(16-74-21(3)64,18-76-39-37(82-27(9)70)35(80-25(7)68)33(78-23(5)66)30(84-39)15-73-20(2)63)61-31(71)12-28(60)13-42(49,50)44(53,54)46(57,58)45(55,56)43(51,52)41(47,48)10-11-59/h28-30,32-39H,10-18H2,1-9H3,(H,61,71)/t28?,29-,30-,32-,33-,34+,35+,36-,37-,38-,39-/m1/s1. The average Bonchev–Trinajstić information content (AvgIpc) is 2.40. The number of alkyl halides is 14. The lowest BCUT2D eigenvalue weighted by atomic mass is 9.89. The zero-order valence-corrected chi connectivity index (χ0v) is 49.7. The van der Waals surface area contributed by atoms with E-state index in [1.54, 1.807) is 0 Å². The molecular formula is C46H57F12I2NO23. The summed E-state index contributed by atoms with van der Waals surface area (Å²) in [5.41, 5.74) is -2.80. The van der Waals surface area contributed by atoms with Crippen molar-refractivity contribution in [3.63, 3.8) is 0 Å². The maximum atomic E-state index is 15.4. The Balaban J connectivity index is 2.97. The number of esters is 9. The Morgan fingerprint density at radius 2 is 0.762 bits per heavy atom. The molecule has 1 N–H and O–H groups in total. The number of amides is 1. The van der Waals surface area contributed by atoms with Crippen LogP contribution in [-0.4, -0.2) is 204 Å². The minimum atomic E-state index is -7.96. The number of carbonyl (C=O) groups is 10. The molecule has 1 amide bonds. The van der Waals surface area contributed by atoms with E-state index in [0.29, 0.717) is 0 Å². The van der Waals surface area contributed by atoms with Gasteiger partial charge in [-0.3, -0.25) is 47.9 Å². The van der Waals surface area contributed by atoms with Crippen LogP contribution in [0.5, 0.6) is 0 Å². The molecule has 38 heteroatoms. The van der Waals surface area contributed by atoms with Gasteiger partial charge in [-0.2, -0.15) is 52.7 Å². The van der Waals surface area contributed by atoms with Gasteiger partial charge in [0.1, 0.15) is 37.6 Å². The van der Waals surface area contributed by atoms with Crippen LogP contribution >= 0.6 is 45.2 Å². The molecule has 0 radical (unpaired) electrons. The highest BCUT2D eigenvalue weighted by atomic mass is 127. The summed E-state index contributed by atoms with van der Waals surface area (Å²) in [6.07, 6.45) is -26.8. The third kappa shape index (κ3) is 19.8. The van der Waals surface area contributed by atoms with Crippen molar-refractivity contribution in [3.8, 4) is 0 Å². The van der Waals surface area contributed by atoms with Crippen molar-refractivity contribution in [2.24, 2.45) is 0 Å². The number of rotatable bonds is 30. The number of hydrogen-bond donors (Lipinski definition) is 1. The molecule has 0 saturated carbocycles. The number of carbonyl (C=O) groups excluding carboxylic acids is 10. The van der Waals surface area contributed by atoms with Crippen LogP contribution in [0.1, 0.15) is 81.6 Å². The summed E-state index contributed by atoms with van der Waals surface area (Å²) in [4.78, 5) is 126. The molecule has 24 nitrogen and oxygen atoms in total. The second-order valence-electron chi connectivity index (χ2n) is 18.5. The normalized spacial score (nSPS) is 23.8. The summed E-state index contributed by atoms with van der Waals surface area (Å²) in [7, 11) is 0. The Labute approximate surface area is 495 Å². The number of ether oxygens (including phenoxy) is 13. The molecule has 0 aromatic carbocycles. The van der Waals surface area contributed by atoms with Crippen molar-refractivity contribution in [2.75, 3.05) is 37.5 Å². The van der Waals surface area contributed by atoms with Gasteiger partial charge in [0.15, 0.2) is 49.2 Å². The van der Waals surface area contributed by atoms with Gasteiger partial charge in [0.2, 0.25) is 5.91 Å². The van der Waals surface area contributed by atoms with Crippen LogP contribution < -0.4 is 5.32 Å². The maximum absolute atomic E-state index is 15.4. The van der Waals surface area contributed by atoms with Gasteiger partial charge < -0.3 is 66.9 Å². The van der Waals surface area contributed by atoms with E-state index in [-0.39, 0.29) is 0 Å². The SMILES string of the molecule is CC(=O)OC[C@H]1O[C@@H](OCC(COC(C)=O)(CO[C@@H]2O[C@H](COC(C)=O)[C@@H](OC(C)=O)[C@H](OC(C)=O)[C@H]2OC(C)=O)NC(=O)CC(I)CC(F)(F)C(F)(F)C(F)(F)C(F)(F)C(F)(F)C(F)(F)CCI)[C@H](OC(C)=O)[C@@H](OC(C)=O)[C@@H]1OC(C)=O. The molecule has 2 aliphatic heterocycles. The van der Waals surface area contributed by atoms with Crippen LogP contribution in [0, 0.1) is 0 Å². The molecule has 0 spiro atoms. The summed E-state index contributed by atoms with van der Waals surface area (Å²) in [5, 5.41) is 2.06. The summed E-state index contributed by atoms with van der Waals surface area (Å²) < 4.78 is 244. The number of nitrogens with one attached hydrogen (secondary N) is 1. The van der Waals surface area contributed by atoms with Crippen LogP contribution in [0.3, 0.4) is 0 Å². The molecule has 2 saturated heterocycles. The highest BCUT2D eigenvalue weighted by Gasteiger charge is 2.89. The molecule has 1 unspecified atom stereocenters. The fourth-order valence-corrected chi connectivity index (χ4v) is 9.39. The third-order valence-electron chi connectivity index (χ3n) is 11.3. The highest BCUT2D eigenvalue weighted by molar-refractivity contribution is 14.1. The first-order valence-corrected chi connectivity index (χ1v) is 26.8. The Morgan fingerprint density at radius 1 is 0.440 bits per heavy atom. The monoisotopic (exact) mass is 1470 g/mol. The smallest absolute Gasteiger partial charge is 0.384 e. The zero-order chi connectivity index (χ0) is 64.9. The quantitative estimate of drug-likeness (QED) is 0.0331. The average molecular weight is 1470 g/mol. The van der Waals surface area contributed by atoms with Gasteiger partial charge in [-0.15, -0.1) is 0 Å². The molecule has 2 aliphatic rings. The van der Waals surface area contributed by atoms with Gasteiger partial charge in [-0.1, -0.05) is 45.2 Å². The van der Waals surface area contributed by atoms with Crippen molar-refractivity contribution in [2.45, 2.75) is 188 Å². The Morgan fingerprint density at radius 3 is 1.08 bits per heavy atom. The van der Waals surface area contributed by atoms with Crippen LogP contribution in [0.15, 0.2) is 0 Å². The topological polar surface area (TPSA) is 303 Å². The lowest BCUT2D eigenvalue weighted by Gasteiger charge is -2.46. The predicted octanol–water partition coefficient (Wildman–Crippen LogP) is 4.82. The van der Waals surface area contributed by atoms with E-state index >= 15 is 17.6 Å². The number of hydrogen-bond acceptors (Lipinski definition) is 23. The lowest BCUT2D eigenvalue weighted by molar-refractivity contribution is -0.425. The molecule has 84 heavy (non-hydrogen) atoms. The minimum absolute atomic E-state index is 0.721. The lowest BCUT2D eigenvalue weighted by Crippen LogP contribution is -2.70. The highest BCUT2D eigenvalue weighted by Crippen LogP contribution is 2.61. The van der Waals surface area contributed by atoms with Crippen LogP contribution in [-0.2, 0) is 110 Å². The van der Waals surface area contributed by atoms with E-state index in [1.165, 1.54) is 0 Å². The van der Waals surface area contributed by atoms with E-state index in [2.05, 4.69) is 5.32 Å². The molecule has 0 bridgehead atoms. The molecule has 2 heterocycles. The zero-order valence-electron chi connectivity index (χ0n) is 45.4. The summed E-state index contributed by atoms with van der Waals surface area (Å²) in [5.74, 6) is -55.6. The third-order valence-corrected chi connectivity index (χ3v) is 12.7. The van der Waals surface area contributed by atoms with Crippen LogP contribution in [0.25, 0.3) is 0 Å². The molecule has 2 rings (SSSR count). The van der Waals surface area contributed by atoms with E-state index in [0.717, 1.165) is 107 Å². The summed E-state index contributed by atoms with van der Waals surface area (Å²) in [6.45, 7) is 1.53. The van der Waals surface area contributed by atoms with Gasteiger partial charge in [-0.25, -0.2) is 0 Å². The second-order valence-corrected chi connectivity index (χ2v) is 21.4. The van der Waals surface area contributed by atoms with Crippen LogP contribution in [0.2, 0.25) is 0 Å².